The SMILES string of the molecule is CCOC(CN)CCn1ccnc1-c1cccs1. The number of hydrogen-bond acceptors (Lipinski definition) is 4. The summed E-state index contributed by atoms with van der Waals surface area (Å²) in [4.78, 5) is 5.60. The second-order valence-electron chi connectivity index (χ2n) is 4.02. The Labute approximate surface area is 111 Å². The molecule has 0 aliphatic carbocycles. The summed E-state index contributed by atoms with van der Waals surface area (Å²) in [5.41, 5.74) is 5.68. The minimum atomic E-state index is 0.133. The fraction of sp³-hybridized carbons (Fsp3) is 0.462. The molecule has 2 aromatic heterocycles. The van der Waals surface area contributed by atoms with Gasteiger partial charge in [-0.15, -0.1) is 11.3 Å². The van der Waals surface area contributed by atoms with Gasteiger partial charge in [-0.05, 0) is 24.8 Å². The Morgan fingerprint density at radius 1 is 1.56 bits per heavy atom. The highest BCUT2D eigenvalue weighted by Gasteiger charge is 2.10. The highest BCUT2D eigenvalue weighted by Crippen LogP contribution is 2.23. The number of rotatable bonds is 7. The zero-order valence-electron chi connectivity index (χ0n) is 10.6. The fourth-order valence-corrected chi connectivity index (χ4v) is 2.64. The molecule has 0 fully saturated rings. The fourth-order valence-electron chi connectivity index (χ4n) is 1.91. The van der Waals surface area contributed by atoms with E-state index < -0.39 is 0 Å². The van der Waals surface area contributed by atoms with E-state index in [1.807, 2.05) is 25.4 Å². The molecule has 1 unspecified atom stereocenters. The Morgan fingerprint density at radius 2 is 2.44 bits per heavy atom. The summed E-state index contributed by atoms with van der Waals surface area (Å²) in [5, 5.41) is 2.07. The maximum absolute atomic E-state index is 5.68. The first-order valence-corrected chi connectivity index (χ1v) is 7.09. The van der Waals surface area contributed by atoms with E-state index in [2.05, 4.69) is 21.0 Å². The lowest BCUT2D eigenvalue weighted by molar-refractivity contribution is 0.0600. The number of nitrogens with zero attached hydrogens (tertiary/aromatic N) is 2. The van der Waals surface area contributed by atoms with Crippen LogP contribution in [0, 0.1) is 0 Å². The maximum Gasteiger partial charge on any atom is 0.149 e. The predicted molar refractivity (Wildman–Crippen MR) is 74.6 cm³/mol. The minimum absolute atomic E-state index is 0.133. The second-order valence-corrected chi connectivity index (χ2v) is 4.97. The van der Waals surface area contributed by atoms with E-state index in [9.17, 15) is 0 Å². The van der Waals surface area contributed by atoms with Gasteiger partial charge in [-0.3, -0.25) is 0 Å². The molecule has 1 atom stereocenters. The third-order valence-corrected chi connectivity index (χ3v) is 3.68. The van der Waals surface area contributed by atoms with Gasteiger partial charge in [-0.25, -0.2) is 4.98 Å². The highest BCUT2D eigenvalue weighted by atomic mass is 32.1. The van der Waals surface area contributed by atoms with Crippen LogP contribution in [-0.4, -0.2) is 28.8 Å². The van der Waals surface area contributed by atoms with E-state index in [1.54, 1.807) is 11.3 Å². The van der Waals surface area contributed by atoms with Crippen LogP contribution in [0.3, 0.4) is 0 Å². The van der Waals surface area contributed by atoms with Gasteiger partial charge in [-0.2, -0.15) is 0 Å². The van der Waals surface area contributed by atoms with Crippen LogP contribution in [0.15, 0.2) is 29.9 Å². The molecule has 0 saturated carbocycles. The van der Waals surface area contributed by atoms with Crippen LogP contribution in [0.4, 0.5) is 0 Å². The lowest BCUT2D eigenvalue weighted by Crippen LogP contribution is -2.25. The number of ether oxygens (including phenoxy) is 1. The van der Waals surface area contributed by atoms with Gasteiger partial charge in [-0.1, -0.05) is 6.07 Å². The number of aromatic nitrogens is 2. The lowest BCUT2D eigenvalue weighted by atomic mass is 10.2. The van der Waals surface area contributed by atoms with Gasteiger partial charge in [0.05, 0.1) is 11.0 Å². The number of aryl methyl sites for hydroxylation is 1. The van der Waals surface area contributed by atoms with E-state index in [0.717, 1.165) is 18.8 Å². The van der Waals surface area contributed by atoms with Crippen molar-refractivity contribution >= 4 is 11.3 Å². The van der Waals surface area contributed by atoms with Crippen molar-refractivity contribution in [3.05, 3.63) is 29.9 Å². The molecule has 0 aliphatic rings. The Bertz CT molecular complexity index is 453. The van der Waals surface area contributed by atoms with Gasteiger partial charge in [0.25, 0.3) is 0 Å². The van der Waals surface area contributed by atoms with E-state index in [1.165, 1.54) is 4.88 Å². The predicted octanol–water partition coefficient (Wildman–Crippen LogP) is 2.37. The van der Waals surface area contributed by atoms with Crippen molar-refractivity contribution in [2.75, 3.05) is 13.2 Å². The monoisotopic (exact) mass is 265 g/mol. The normalized spacial score (nSPS) is 12.8. The largest absolute Gasteiger partial charge is 0.377 e. The first kappa shape index (κ1) is 13.3. The van der Waals surface area contributed by atoms with Gasteiger partial charge in [0, 0.05) is 32.1 Å². The van der Waals surface area contributed by atoms with E-state index in [-0.39, 0.29) is 6.10 Å². The van der Waals surface area contributed by atoms with Crippen molar-refractivity contribution < 1.29 is 4.74 Å². The number of thiophene rings is 1. The maximum atomic E-state index is 5.68. The van der Waals surface area contributed by atoms with Crippen LogP contribution < -0.4 is 5.73 Å². The molecule has 0 spiro atoms. The van der Waals surface area contributed by atoms with Crippen molar-refractivity contribution in [1.82, 2.24) is 9.55 Å². The number of nitrogens with two attached hydrogens (primary N) is 1. The van der Waals surface area contributed by atoms with Gasteiger partial charge in [0.15, 0.2) is 0 Å². The number of hydrogen-bond donors (Lipinski definition) is 1. The van der Waals surface area contributed by atoms with Crippen LogP contribution in [0.5, 0.6) is 0 Å². The zero-order valence-corrected chi connectivity index (χ0v) is 11.4. The lowest BCUT2D eigenvalue weighted by Gasteiger charge is -2.15. The van der Waals surface area contributed by atoms with Gasteiger partial charge in [0.1, 0.15) is 5.82 Å². The van der Waals surface area contributed by atoms with Crippen LogP contribution in [0.25, 0.3) is 10.7 Å². The van der Waals surface area contributed by atoms with Crippen molar-refractivity contribution in [2.24, 2.45) is 5.73 Å². The molecule has 0 bridgehead atoms. The Kier molecular flexibility index (Phi) is 4.92. The molecule has 2 aromatic rings. The summed E-state index contributed by atoms with van der Waals surface area (Å²) in [7, 11) is 0. The van der Waals surface area contributed by atoms with Crippen LogP contribution in [-0.2, 0) is 11.3 Å². The molecule has 0 saturated heterocycles. The molecule has 2 rings (SSSR count). The topological polar surface area (TPSA) is 53.1 Å². The van der Waals surface area contributed by atoms with Crippen molar-refractivity contribution in [3.63, 3.8) is 0 Å². The summed E-state index contributed by atoms with van der Waals surface area (Å²) < 4.78 is 7.72. The summed E-state index contributed by atoms with van der Waals surface area (Å²) in [6, 6.07) is 4.13. The first-order chi connectivity index (χ1) is 8.85. The van der Waals surface area contributed by atoms with E-state index in [4.69, 9.17) is 10.5 Å². The van der Waals surface area contributed by atoms with Crippen LogP contribution in [0.1, 0.15) is 13.3 Å². The Balaban J connectivity index is 2.00. The molecular weight excluding hydrogens is 246 g/mol. The van der Waals surface area contributed by atoms with Crippen LogP contribution in [0.2, 0.25) is 0 Å². The first-order valence-electron chi connectivity index (χ1n) is 6.21. The van der Waals surface area contributed by atoms with Crippen LogP contribution >= 0.6 is 11.3 Å². The van der Waals surface area contributed by atoms with Gasteiger partial charge < -0.3 is 15.0 Å². The van der Waals surface area contributed by atoms with Gasteiger partial charge >= 0.3 is 0 Å². The highest BCUT2D eigenvalue weighted by molar-refractivity contribution is 7.13. The minimum Gasteiger partial charge on any atom is -0.377 e. The molecule has 0 amide bonds. The standard InChI is InChI=1S/C13H19N3OS/c1-2-17-11(10-14)5-7-16-8-6-15-13(16)12-4-3-9-18-12/h3-4,6,8-9,11H,2,5,7,10,14H2,1H3. The molecular formula is C13H19N3OS. The third kappa shape index (κ3) is 3.19. The second kappa shape index (κ2) is 6.68. The molecule has 98 valence electrons. The summed E-state index contributed by atoms with van der Waals surface area (Å²) in [5.74, 6) is 1.03. The molecule has 0 aromatic carbocycles. The zero-order chi connectivity index (χ0) is 12.8. The van der Waals surface area contributed by atoms with Crippen molar-refractivity contribution in [1.29, 1.82) is 0 Å². The molecule has 18 heavy (non-hydrogen) atoms. The molecule has 2 N–H and O–H groups in total. The molecule has 0 radical (unpaired) electrons. The Hall–Kier alpha value is -1.17. The molecule has 0 aliphatic heterocycles. The quantitative estimate of drug-likeness (QED) is 0.836. The number of imidazole rings is 1. The molecule has 5 heteroatoms. The smallest absolute Gasteiger partial charge is 0.149 e. The van der Waals surface area contributed by atoms with Crippen molar-refractivity contribution in [2.45, 2.75) is 26.0 Å². The van der Waals surface area contributed by atoms with E-state index in [0.29, 0.717) is 13.2 Å². The molecule has 2 heterocycles. The average molecular weight is 265 g/mol. The summed E-state index contributed by atoms with van der Waals surface area (Å²) >= 11 is 1.71. The van der Waals surface area contributed by atoms with E-state index >= 15 is 0 Å². The third-order valence-electron chi connectivity index (χ3n) is 2.81. The van der Waals surface area contributed by atoms with Crippen molar-refractivity contribution in [3.8, 4) is 10.7 Å². The average Bonchev–Trinajstić information content (AvgIpc) is 3.04. The molecule has 4 nitrogen and oxygen atoms in total. The Morgan fingerprint density at radius 3 is 3.11 bits per heavy atom. The summed E-state index contributed by atoms with van der Waals surface area (Å²) in [6.07, 6.45) is 4.90. The van der Waals surface area contributed by atoms with Gasteiger partial charge in [0.2, 0.25) is 0 Å². The summed E-state index contributed by atoms with van der Waals surface area (Å²) in [6.45, 7) is 4.16.